The van der Waals surface area contributed by atoms with Crippen LogP contribution in [-0.2, 0) is 17.8 Å². The van der Waals surface area contributed by atoms with Gasteiger partial charge in [-0.2, -0.15) is 0 Å². The number of aliphatic hydroxyl groups is 1. The Kier molecular flexibility index (Phi) is 6.18. The fourth-order valence-electron chi connectivity index (χ4n) is 4.28. The largest absolute Gasteiger partial charge is 0.386 e. The van der Waals surface area contributed by atoms with E-state index in [0.717, 1.165) is 47.8 Å². The Bertz CT molecular complexity index is 1070. The monoisotopic (exact) mass is 422 g/mol. The summed E-state index contributed by atoms with van der Waals surface area (Å²) in [7, 11) is 0. The number of hydrogen-bond donors (Lipinski definition) is 2. The zero-order valence-corrected chi connectivity index (χ0v) is 18.2. The van der Waals surface area contributed by atoms with Gasteiger partial charge in [0.15, 0.2) is 0 Å². The Hall–Kier alpha value is -3.00. The molecule has 1 atom stereocenters. The highest BCUT2D eigenvalue weighted by atomic mass is 16.3. The van der Waals surface area contributed by atoms with Gasteiger partial charge in [-0.15, -0.1) is 0 Å². The summed E-state index contributed by atoms with van der Waals surface area (Å²) < 4.78 is 2.11. The molecule has 164 valence electrons. The minimum atomic E-state index is -0.969. The van der Waals surface area contributed by atoms with E-state index in [9.17, 15) is 9.90 Å². The maximum absolute atomic E-state index is 12.6. The van der Waals surface area contributed by atoms with Gasteiger partial charge in [-0.3, -0.25) is 4.79 Å². The highest BCUT2D eigenvalue weighted by molar-refractivity contribution is 5.78. The molecule has 8 heteroatoms. The topological polar surface area (TPSA) is 96.2 Å². The predicted octanol–water partition coefficient (Wildman–Crippen LogP) is 2.23. The Morgan fingerprint density at radius 3 is 2.94 bits per heavy atom. The molecule has 3 aromatic rings. The summed E-state index contributed by atoms with van der Waals surface area (Å²) in [4.78, 5) is 27.8. The summed E-state index contributed by atoms with van der Waals surface area (Å²) in [5, 5.41) is 14.0. The third-order valence-corrected chi connectivity index (χ3v) is 5.90. The van der Waals surface area contributed by atoms with E-state index in [1.54, 1.807) is 6.33 Å². The fourth-order valence-corrected chi connectivity index (χ4v) is 4.28. The van der Waals surface area contributed by atoms with Crippen molar-refractivity contribution in [2.45, 2.75) is 51.7 Å². The van der Waals surface area contributed by atoms with Gasteiger partial charge in [0.05, 0.1) is 16.6 Å². The molecule has 0 radical (unpaired) electrons. The van der Waals surface area contributed by atoms with Gasteiger partial charge >= 0.3 is 0 Å². The van der Waals surface area contributed by atoms with Crippen molar-refractivity contribution >= 4 is 22.8 Å². The number of fused-ring (bicyclic) bond motifs is 1. The van der Waals surface area contributed by atoms with E-state index in [0.29, 0.717) is 25.9 Å². The first-order valence-corrected chi connectivity index (χ1v) is 10.9. The SMILES string of the molecule is CCc1nc2ccccc2n1CCC(=O)NCC1(O)CCCN(c2cc(C)ncn2)C1. The second kappa shape index (κ2) is 9.01. The number of benzene rings is 1. The molecule has 0 aliphatic carbocycles. The summed E-state index contributed by atoms with van der Waals surface area (Å²) in [6.07, 6.45) is 4.20. The molecule has 2 aromatic heterocycles. The average Bonchev–Trinajstić information content (AvgIpc) is 3.14. The summed E-state index contributed by atoms with van der Waals surface area (Å²) in [6, 6.07) is 9.92. The first-order chi connectivity index (χ1) is 15.0. The van der Waals surface area contributed by atoms with E-state index in [4.69, 9.17) is 0 Å². The number of aromatic nitrogens is 4. The molecule has 1 aliphatic rings. The molecule has 2 N–H and O–H groups in total. The van der Waals surface area contributed by atoms with Gasteiger partial charge in [0, 0.05) is 50.8 Å². The molecular weight excluding hydrogens is 392 g/mol. The molecule has 1 saturated heterocycles. The molecule has 1 aliphatic heterocycles. The van der Waals surface area contributed by atoms with Gasteiger partial charge in [-0.05, 0) is 31.9 Å². The number of β-amino-alcohol motifs (C(OH)–C–C–N with tert-alkyl or cyclic N) is 1. The Morgan fingerprint density at radius 1 is 1.29 bits per heavy atom. The lowest BCUT2D eigenvalue weighted by Gasteiger charge is -2.39. The van der Waals surface area contributed by atoms with Crippen molar-refractivity contribution in [3.63, 3.8) is 0 Å². The van der Waals surface area contributed by atoms with Gasteiger partial charge < -0.3 is 19.9 Å². The number of rotatable bonds is 7. The van der Waals surface area contributed by atoms with Crippen LogP contribution < -0.4 is 10.2 Å². The van der Waals surface area contributed by atoms with Crippen molar-refractivity contribution in [1.82, 2.24) is 24.8 Å². The molecule has 1 aromatic carbocycles. The maximum Gasteiger partial charge on any atom is 0.221 e. The van der Waals surface area contributed by atoms with Crippen LogP contribution in [0.15, 0.2) is 36.7 Å². The minimum Gasteiger partial charge on any atom is -0.386 e. The Morgan fingerprint density at radius 2 is 2.13 bits per heavy atom. The van der Waals surface area contributed by atoms with Crippen molar-refractivity contribution in [2.24, 2.45) is 0 Å². The maximum atomic E-state index is 12.6. The molecule has 1 amide bonds. The lowest BCUT2D eigenvalue weighted by Crippen LogP contribution is -2.54. The number of nitrogens with one attached hydrogen (secondary N) is 1. The predicted molar refractivity (Wildman–Crippen MR) is 120 cm³/mol. The molecule has 3 heterocycles. The normalized spacial score (nSPS) is 19.0. The van der Waals surface area contributed by atoms with Gasteiger partial charge in [0.2, 0.25) is 5.91 Å². The summed E-state index contributed by atoms with van der Waals surface area (Å²) >= 11 is 0. The smallest absolute Gasteiger partial charge is 0.221 e. The third-order valence-electron chi connectivity index (χ3n) is 5.90. The van der Waals surface area contributed by atoms with Crippen LogP contribution in [0.3, 0.4) is 0 Å². The fraction of sp³-hybridized carbons (Fsp3) is 0.478. The minimum absolute atomic E-state index is 0.0664. The van der Waals surface area contributed by atoms with Gasteiger partial charge in [-0.1, -0.05) is 19.1 Å². The van der Waals surface area contributed by atoms with E-state index < -0.39 is 5.60 Å². The molecule has 0 bridgehead atoms. The van der Waals surface area contributed by atoms with Crippen LogP contribution in [0.5, 0.6) is 0 Å². The lowest BCUT2D eigenvalue weighted by molar-refractivity contribution is -0.122. The summed E-state index contributed by atoms with van der Waals surface area (Å²) in [6.45, 7) is 6.07. The number of anilines is 1. The van der Waals surface area contributed by atoms with Gasteiger partial charge in [0.1, 0.15) is 18.0 Å². The van der Waals surface area contributed by atoms with Crippen molar-refractivity contribution in [3.8, 4) is 0 Å². The lowest BCUT2D eigenvalue weighted by atomic mass is 9.92. The van der Waals surface area contributed by atoms with Crippen molar-refractivity contribution in [2.75, 3.05) is 24.5 Å². The van der Waals surface area contributed by atoms with Crippen molar-refractivity contribution in [3.05, 3.63) is 48.2 Å². The Balaban J connectivity index is 1.34. The molecule has 4 rings (SSSR count). The molecule has 0 spiro atoms. The van der Waals surface area contributed by atoms with Gasteiger partial charge in [0.25, 0.3) is 0 Å². The number of aryl methyl sites for hydroxylation is 3. The number of carbonyl (C=O) groups is 1. The van der Waals surface area contributed by atoms with Crippen molar-refractivity contribution in [1.29, 1.82) is 0 Å². The highest BCUT2D eigenvalue weighted by Gasteiger charge is 2.34. The van der Waals surface area contributed by atoms with E-state index in [2.05, 4.69) is 36.7 Å². The number of amides is 1. The molecule has 0 saturated carbocycles. The number of para-hydroxylation sites is 2. The van der Waals surface area contributed by atoms with Crippen LogP contribution in [0.4, 0.5) is 5.82 Å². The molecule has 1 fully saturated rings. The highest BCUT2D eigenvalue weighted by Crippen LogP contribution is 2.24. The third kappa shape index (κ3) is 4.85. The second-order valence-electron chi connectivity index (χ2n) is 8.32. The quantitative estimate of drug-likeness (QED) is 0.606. The first-order valence-electron chi connectivity index (χ1n) is 10.9. The molecule has 8 nitrogen and oxygen atoms in total. The number of piperidine rings is 1. The molecular formula is C23H30N6O2. The number of carbonyl (C=O) groups excluding carboxylic acids is 1. The van der Waals surface area contributed by atoms with Crippen LogP contribution in [0.2, 0.25) is 0 Å². The first kappa shape index (κ1) is 21.2. The summed E-state index contributed by atoms with van der Waals surface area (Å²) in [5.74, 6) is 1.73. The summed E-state index contributed by atoms with van der Waals surface area (Å²) in [5.41, 5.74) is 1.93. The van der Waals surface area contributed by atoms with Gasteiger partial charge in [-0.25, -0.2) is 15.0 Å². The second-order valence-corrected chi connectivity index (χ2v) is 8.32. The number of imidazole rings is 1. The van der Waals surface area contributed by atoms with Crippen molar-refractivity contribution < 1.29 is 9.90 Å². The van der Waals surface area contributed by atoms with Crippen LogP contribution in [0, 0.1) is 6.92 Å². The van der Waals surface area contributed by atoms with Crippen LogP contribution in [0.1, 0.15) is 37.7 Å². The zero-order valence-electron chi connectivity index (χ0n) is 18.2. The average molecular weight is 423 g/mol. The van der Waals surface area contributed by atoms with Crippen LogP contribution in [0.25, 0.3) is 11.0 Å². The zero-order chi connectivity index (χ0) is 21.8. The van der Waals surface area contributed by atoms with Crippen LogP contribution in [-0.4, -0.2) is 55.8 Å². The number of hydrogen-bond acceptors (Lipinski definition) is 6. The van der Waals surface area contributed by atoms with E-state index >= 15 is 0 Å². The van der Waals surface area contributed by atoms with E-state index in [-0.39, 0.29) is 12.5 Å². The number of nitrogens with zero attached hydrogens (tertiary/aromatic N) is 5. The molecule has 31 heavy (non-hydrogen) atoms. The molecule has 1 unspecified atom stereocenters. The Labute approximate surface area is 182 Å². The van der Waals surface area contributed by atoms with E-state index in [1.165, 1.54) is 0 Å². The van der Waals surface area contributed by atoms with Crippen LogP contribution >= 0.6 is 0 Å². The van der Waals surface area contributed by atoms with E-state index in [1.807, 2.05) is 37.3 Å². The standard InChI is InChI=1S/C23H30N6O2/c1-3-20-27-18-7-4-5-8-19(18)29(20)12-9-22(30)24-14-23(31)10-6-11-28(15-23)21-13-17(2)25-16-26-21/h4-5,7-8,13,16,31H,3,6,9-12,14-15H2,1-2H3,(H,24,30).